The molecule has 0 spiro atoms. The smallest absolute Gasteiger partial charge is 0.120 e. The Bertz CT molecular complexity index is 461. The second kappa shape index (κ2) is 6.00. The highest BCUT2D eigenvalue weighted by atomic mass is 79.9. The molecule has 0 atom stereocenters. The lowest BCUT2D eigenvalue weighted by Gasteiger charge is -2.05. The van der Waals surface area contributed by atoms with Gasteiger partial charge in [-0.3, -0.25) is 0 Å². The zero-order valence-corrected chi connectivity index (χ0v) is 8.30. The van der Waals surface area contributed by atoms with Crippen LogP contribution in [0.5, 0.6) is 5.75 Å². The van der Waals surface area contributed by atoms with Crippen LogP contribution in [0.2, 0.25) is 0 Å². The van der Waals surface area contributed by atoms with E-state index in [-0.39, 0.29) is 0 Å². The summed E-state index contributed by atoms with van der Waals surface area (Å²) in [7, 11) is 0. The van der Waals surface area contributed by atoms with Gasteiger partial charge in [-0.25, -0.2) is 0 Å². The third kappa shape index (κ3) is 4.29. The molecular formula is C10H13BrO2. The van der Waals surface area contributed by atoms with Gasteiger partial charge in [0.2, 0.25) is 0 Å². The van der Waals surface area contributed by atoms with Gasteiger partial charge in [0.15, 0.2) is 0 Å². The van der Waals surface area contributed by atoms with E-state index < -0.39 is 26.6 Å². The summed E-state index contributed by atoms with van der Waals surface area (Å²) in [6, 6.07) is 6.61. The number of ether oxygens (including phenoxy) is 2. The van der Waals surface area contributed by atoms with E-state index in [0.29, 0.717) is 5.75 Å². The van der Waals surface area contributed by atoms with Crippen LogP contribution in [0.1, 0.15) is 16.4 Å². The topological polar surface area (TPSA) is 18.5 Å². The molecule has 1 aromatic carbocycles. The Balaban J connectivity index is 2.66. The summed E-state index contributed by atoms with van der Waals surface area (Å²) in [6.07, 6.45) is 0. The Morgan fingerprint density at radius 3 is 3.31 bits per heavy atom. The number of hydrogen-bond acceptors (Lipinski definition) is 2. The number of benzene rings is 1. The summed E-state index contributed by atoms with van der Waals surface area (Å²) in [5.74, 6) is 0.348. The quantitative estimate of drug-likeness (QED) is 0.802. The molecule has 3 heteroatoms. The maximum Gasteiger partial charge on any atom is 0.120 e. The van der Waals surface area contributed by atoms with E-state index in [9.17, 15) is 0 Å². The minimum Gasteiger partial charge on any atom is -0.491 e. The zero-order chi connectivity index (χ0) is 15.6. The molecule has 72 valence electrons. The fourth-order valence-electron chi connectivity index (χ4n) is 0.735. The molecule has 13 heavy (non-hydrogen) atoms. The largest absolute Gasteiger partial charge is 0.491 e. The minimum atomic E-state index is -3.10. The average molecular weight is 252 g/mol. The maximum atomic E-state index is 7.48. The van der Waals surface area contributed by atoms with E-state index in [1.54, 1.807) is 24.3 Å². The van der Waals surface area contributed by atoms with Gasteiger partial charge in [-0.2, -0.15) is 0 Å². The van der Waals surface area contributed by atoms with Gasteiger partial charge in [0.1, 0.15) is 12.4 Å². The fourth-order valence-corrected chi connectivity index (χ4v) is 1.11. The SMILES string of the molecule is [2H]C([2H])(COc1cccc(Br)c1)OC([2H])([2H])C([2H])([2H])[2H]. The minimum absolute atomic E-state index is 0.348. The van der Waals surface area contributed by atoms with Crippen molar-refractivity contribution in [1.29, 1.82) is 0 Å². The predicted octanol–water partition coefficient (Wildman–Crippen LogP) is 2.86. The van der Waals surface area contributed by atoms with E-state index in [0.717, 1.165) is 4.47 Å². The second-order valence-electron chi connectivity index (χ2n) is 2.09. The standard InChI is InChI=1S/C10H13BrO2/c1-2-12-6-7-13-10-5-3-4-9(11)8-10/h3-5,8H,2,6-7H2,1H3/i1D3,2D2,6D2. The molecule has 2 nitrogen and oxygen atoms in total. The lowest BCUT2D eigenvalue weighted by atomic mass is 10.3. The van der Waals surface area contributed by atoms with Gasteiger partial charge in [0.25, 0.3) is 0 Å². The third-order valence-electron chi connectivity index (χ3n) is 1.22. The molecular weight excluding hydrogens is 232 g/mol. The van der Waals surface area contributed by atoms with E-state index in [2.05, 4.69) is 20.7 Å². The number of hydrogen-bond donors (Lipinski definition) is 0. The molecule has 0 N–H and O–H groups in total. The predicted molar refractivity (Wildman–Crippen MR) is 56.1 cm³/mol. The molecule has 1 rings (SSSR count). The van der Waals surface area contributed by atoms with Crippen LogP contribution in [0.3, 0.4) is 0 Å². The molecule has 0 fully saturated rings. The van der Waals surface area contributed by atoms with Gasteiger partial charge >= 0.3 is 0 Å². The van der Waals surface area contributed by atoms with Gasteiger partial charge in [-0.15, -0.1) is 0 Å². The highest BCUT2D eigenvalue weighted by Crippen LogP contribution is 2.17. The first kappa shape index (κ1) is 4.32. The normalized spacial score (nSPS) is 21.2. The highest BCUT2D eigenvalue weighted by molar-refractivity contribution is 9.10. The lowest BCUT2D eigenvalue weighted by Crippen LogP contribution is -2.06. The van der Waals surface area contributed by atoms with Crippen molar-refractivity contribution in [3.05, 3.63) is 28.7 Å². The third-order valence-corrected chi connectivity index (χ3v) is 1.71. The number of rotatable bonds is 5. The summed E-state index contributed by atoms with van der Waals surface area (Å²) in [5.41, 5.74) is 0. The first-order chi connectivity index (χ1) is 8.93. The molecule has 0 amide bonds. The Labute approximate surface area is 96.8 Å². The van der Waals surface area contributed by atoms with Crippen LogP contribution in [0.25, 0.3) is 0 Å². The van der Waals surface area contributed by atoms with Gasteiger partial charge < -0.3 is 9.47 Å². The zero-order valence-electron chi connectivity index (χ0n) is 13.7. The summed E-state index contributed by atoms with van der Waals surface area (Å²) in [6.45, 7) is -9.41. The Kier molecular flexibility index (Phi) is 1.99. The summed E-state index contributed by atoms with van der Waals surface area (Å²) in [5, 5.41) is 0. The highest BCUT2D eigenvalue weighted by Gasteiger charge is 1.93. The molecule has 0 saturated carbocycles. The van der Waals surface area contributed by atoms with Crippen LogP contribution >= 0.6 is 15.9 Å². The molecule has 0 bridgehead atoms. The van der Waals surface area contributed by atoms with Crippen molar-refractivity contribution in [1.82, 2.24) is 0 Å². The van der Waals surface area contributed by atoms with Crippen LogP contribution in [0, 0.1) is 0 Å². The summed E-state index contributed by atoms with van der Waals surface area (Å²) >= 11 is 3.22. The molecule has 0 unspecified atom stereocenters. The van der Waals surface area contributed by atoms with Gasteiger partial charge in [0, 0.05) is 15.1 Å². The number of halogens is 1. The van der Waals surface area contributed by atoms with Gasteiger partial charge in [-0.1, -0.05) is 22.0 Å². The average Bonchev–Trinajstić information content (AvgIpc) is 2.24. The summed E-state index contributed by atoms with van der Waals surface area (Å²) < 4.78 is 60.6. The molecule has 0 aliphatic carbocycles. The first-order valence-corrected chi connectivity index (χ1v) is 4.31. The van der Waals surface area contributed by atoms with Crippen molar-refractivity contribution >= 4 is 15.9 Å². The van der Waals surface area contributed by atoms with E-state index in [1.807, 2.05) is 0 Å². The first-order valence-electron chi connectivity index (χ1n) is 7.01. The van der Waals surface area contributed by atoms with Crippen LogP contribution in [0.15, 0.2) is 28.7 Å². The van der Waals surface area contributed by atoms with Gasteiger partial charge in [0.05, 0.1) is 12.0 Å². The van der Waals surface area contributed by atoms with Crippen LogP contribution in [0.4, 0.5) is 0 Å². The monoisotopic (exact) mass is 251 g/mol. The van der Waals surface area contributed by atoms with Crippen LogP contribution in [-0.2, 0) is 4.74 Å². The lowest BCUT2D eigenvalue weighted by molar-refractivity contribution is 0.110. The molecule has 0 radical (unpaired) electrons. The van der Waals surface area contributed by atoms with Crippen molar-refractivity contribution in [3.63, 3.8) is 0 Å². The molecule has 0 aromatic heterocycles. The van der Waals surface area contributed by atoms with E-state index in [1.165, 1.54) is 0 Å². The molecule has 0 saturated heterocycles. The fraction of sp³-hybridized carbons (Fsp3) is 0.400. The van der Waals surface area contributed by atoms with Crippen LogP contribution < -0.4 is 4.74 Å². The van der Waals surface area contributed by atoms with E-state index in [4.69, 9.17) is 14.3 Å². The Morgan fingerprint density at radius 1 is 1.62 bits per heavy atom. The molecule has 0 heterocycles. The van der Waals surface area contributed by atoms with Gasteiger partial charge in [-0.05, 0) is 25.1 Å². The van der Waals surface area contributed by atoms with Crippen molar-refractivity contribution < 1.29 is 19.1 Å². The molecule has 1 aromatic rings. The second-order valence-corrected chi connectivity index (χ2v) is 3.01. The Hall–Kier alpha value is -0.540. The molecule has 0 aliphatic heterocycles. The van der Waals surface area contributed by atoms with Crippen molar-refractivity contribution in [2.24, 2.45) is 0 Å². The summed E-state index contributed by atoms with van der Waals surface area (Å²) in [4.78, 5) is 0. The van der Waals surface area contributed by atoms with Crippen molar-refractivity contribution in [2.45, 2.75) is 6.85 Å². The van der Waals surface area contributed by atoms with E-state index >= 15 is 0 Å². The van der Waals surface area contributed by atoms with Crippen molar-refractivity contribution in [3.8, 4) is 5.75 Å². The maximum absolute atomic E-state index is 7.48. The van der Waals surface area contributed by atoms with Crippen LogP contribution in [-0.4, -0.2) is 19.7 Å². The Morgan fingerprint density at radius 2 is 2.54 bits per heavy atom. The molecule has 0 aliphatic rings. The van der Waals surface area contributed by atoms with Crippen molar-refractivity contribution in [2.75, 3.05) is 19.7 Å².